The summed E-state index contributed by atoms with van der Waals surface area (Å²) in [6.07, 6.45) is 1.55. The summed E-state index contributed by atoms with van der Waals surface area (Å²) in [6.45, 7) is 13.8. The SMILES string of the molecule is CC(C)(C)OC(=O)NCC(=Cc1ccc2[nH]c3ccccc3c2c1)B1OC(C)(C)C(C)(C)O1. The zero-order valence-electron chi connectivity index (χ0n) is 20.5. The van der Waals surface area contributed by atoms with Gasteiger partial charge in [0.2, 0.25) is 0 Å². The molecular weight excluding hydrogens is 415 g/mol. The second kappa shape index (κ2) is 8.22. The molecule has 1 amide bonds. The number of fused-ring (bicyclic) bond motifs is 3. The quantitative estimate of drug-likeness (QED) is 0.491. The first-order valence-corrected chi connectivity index (χ1v) is 11.4. The number of carbonyl (C=O) groups excluding carboxylic acids is 1. The molecule has 1 aliphatic heterocycles. The van der Waals surface area contributed by atoms with Gasteiger partial charge in [0.15, 0.2) is 0 Å². The maximum atomic E-state index is 12.3. The first kappa shape index (κ1) is 23.4. The number of para-hydroxylation sites is 1. The summed E-state index contributed by atoms with van der Waals surface area (Å²) in [4.78, 5) is 15.8. The number of rotatable bonds is 4. The van der Waals surface area contributed by atoms with Gasteiger partial charge in [-0.2, -0.15) is 0 Å². The molecule has 1 saturated heterocycles. The van der Waals surface area contributed by atoms with Gasteiger partial charge in [0.05, 0.1) is 11.2 Å². The summed E-state index contributed by atoms with van der Waals surface area (Å²) in [6, 6.07) is 14.5. The third-order valence-electron chi connectivity index (χ3n) is 6.27. The van der Waals surface area contributed by atoms with Gasteiger partial charge in [-0.05, 0) is 77.7 Å². The van der Waals surface area contributed by atoms with E-state index >= 15 is 0 Å². The Morgan fingerprint density at radius 3 is 2.33 bits per heavy atom. The summed E-state index contributed by atoms with van der Waals surface area (Å²) in [7, 11) is -0.580. The summed E-state index contributed by atoms with van der Waals surface area (Å²) >= 11 is 0. The lowest BCUT2D eigenvalue weighted by molar-refractivity contribution is 0.00578. The maximum Gasteiger partial charge on any atom is 0.492 e. The summed E-state index contributed by atoms with van der Waals surface area (Å²) in [5.74, 6) is 0. The number of H-pyrrole nitrogens is 1. The molecule has 3 aromatic rings. The topological polar surface area (TPSA) is 72.6 Å². The van der Waals surface area contributed by atoms with Crippen molar-refractivity contribution in [2.45, 2.75) is 65.3 Å². The van der Waals surface area contributed by atoms with Crippen molar-refractivity contribution >= 4 is 41.1 Å². The Labute approximate surface area is 195 Å². The van der Waals surface area contributed by atoms with Crippen molar-refractivity contribution < 1.29 is 18.8 Å². The number of carbonyl (C=O) groups is 1. The molecule has 33 heavy (non-hydrogen) atoms. The molecule has 0 atom stereocenters. The zero-order valence-corrected chi connectivity index (χ0v) is 20.5. The van der Waals surface area contributed by atoms with Gasteiger partial charge in [0, 0.05) is 28.4 Å². The van der Waals surface area contributed by atoms with Crippen molar-refractivity contribution in [1.82, 2.24) is 10.3 Å². The Hall–Kier alpha value is -2.77. The molecule has 0 spiro atoms. The van der Waals surface area contributed by atoms with Crippen LogP contribution in [0.4, 0.5) is 4.79 Å². The minimum absolute atomic E-state index is 0.248. The van der Waals surface area contributed by atoms with Gasteiger partial charge in [-0.3, -0.25) is 0 Å². The molecule has 0 unspecified atom stereocenters. The summed E-state index contributed by atoms with van der Waals surface area (Å²) in [5.41, 5.74) is 2.47. The van der Waals surface area contributed by atoms with Crippen molar-refractivity contribution in [3.05, 3.63) is 53.5 Å². The molecule has 2 aromatic carbocycles. The molecule has 1 aliphatic rings. The Balaban J connectivity index is 1.67. The lowest BCUT2D eigenvalue weighted by Crippen LogP contribution is -2.41. The van der Waals surface area contributed by atoms with Crippen LogP contribution in [-0.4, -0.2) is 41.5 Å². The van der Waals surface area contributed by atoms with E-state index in [1.165, 1.54) is 5.39 Å². The molecule has 0 saturated carbocycles. The fraction of sp³-hybridized carbons (Fsp3) is 0.423. The van der Waals surface area contributed by atoms with Gasteiger partial charge in [-0.25, -0.2) is 4.79 Å². The first-order chi connectivity index (χ1) is 15.3. The molecule has 1 aromatic heterocycles. The van der Waals surface area contributed by atoms with Crippen LogP contribution >= 0.6 is 0 Å². The smallest absolute Gasteiger partial charge is 0.444 e. The van der Waals surface area contributed by atoms with E-state index in [0.29, 0.717) is 0 Å². The van der Waals surface area contributed by atoms with Crippen LogP contribution in [0.2, 0.25) is 0 Å². The molecule has 2 heterocycles. The van der Waals surface area contributed by atoms with Gasteiger partial charge in [-0.1, -0.05) is 30.3 Å². The molecule has 1 fully saturated rings. The van der Waals surface area contributed by atoms with Crippen LogP contribution in [-0.2, 0) is 14.0 Å². The molecule has 174 valence electrons. The molecule has 2 N–H and O–H groups in total. The van der Waals surface area contributed by atoms with Gasteiger partial charge in [0.25, 0.3) is 0 Å². The van der Waals surface area contributed by atoms with E-state index in [-0.39, 0.29) is 6.54 Å². The fourth-order valence-corrected chi connectivity index (χ4v) is 3.85. The molecule has 4 rings (SSSR count). The molecule has 7 heteroatoms. The number of aromatic nitrogens is 1. The highest BCUT2D eigenvalue weighted by Gasteiger charge is 2.52. The highest BCUT2D eigenvalue weighted by atomic mass is 16.7. The van der Waals surface area contributed by atoms with E-state index < -0.39 is 30.0 Å². The van der Waals surface area contributed by atoms with Crippen molar-refractivity contribution in [2.24, 2.45) is 0 Å². The standard InChI is InChI=1S/C26H33BN2O4/c1-24(2,3)31-23(30)28-16-18(27-32-25(4,5)26(6,7)33-27)14-17-12-13-22-20(15-17)19-10-8-9-11-21(19)29-22/h8-15,29H,16H2,1-7H3,(H,28,30). The maximum absolute atomic E-state index is 12.3. The number of ether oxygens (including phenoxy) is 1. The fourth-order valence-electron chi connectivity index (χ4n) is 3.85. The normalized spacial score (nSPS) is 18.2. The van der Waals surface area contributed by atoms with Crippen molar-refractivity contribution in [3.63, 3.8) is 0 Å². The average Bonchev–Trinajstić information content (AvgIpc) is 3.17. The number of hydrogen-bond acceptors (Lipinski definition) is 4. The van der Waals surface area contributed by atoms with Gasteiger partial charge < -0.3 is 24.3 Å². The molecule has 0 bridgehead atoms. The van der Waals surface area contributed by atoms with Gasteiger partial charge in [0.1, 0.15) is 5.60 Å². The molecule has 6 nitrogen and oxygen atoms in total. The van der Waals surface area contributed by atoms with E-state index in [0.717, 1.165) is 27.5 Å². The second-order valence-electron chi connectivity index (χ2n) is 10.6. The minimum Gasteiger partial charge on any atom is -0.444 e. The highest BCUT2D eigenvalue weighted by Crippen LogP contribution is 2.39. The van der Waals surface area contributed by atoms with E-state index in [9.17, 15) is 4.79 Å². The second-order valence-corrected chi connectivity index (χ2v) is 10.6. The van der Waals surface area contributed by atoms with Crippen molar-refractivity contribution in [3.8, 4) is 0 Å². The van der Waals surface area contributed by atoms with Gasteiger partial charge >= 0.3 is 13.2 Å². The van der Waals surface area contributed by atoms with Crippen LogP contribution in [0.1, 0.15) is 54.0 Å². The summed E-state index contributed by atoms with van der Waals surface area (Å²) < 4.78 is 18.0. The highest BCUT2D eigenvalue weighted by molar-refractivity contribution is 6.56. The summed E-state index contributed by atoms with van der Waals surface area (Å²) in [5, 5.41) is 5.18. The van der Waals surface area contributed by atoms with E-state index in [4.69, 9.17) is 14.0 Å². The van der Waals surface area contributed by atoms with E-state index in [1.54, 1.807) is 0 Å². The number of amides is 1. The predicted molar refractivity (Wildman–Crippen MR) is 134 cm³/mol. The lowest BCUT2D eigenvalue weighted by Gasteiger charge is -2.32. The largest absolute Gasteiger partial charge is 0.492 e. The number of benzene rings is 2. The molecule has 0 radical (unpaired) electrons. The number of nitrogens with one attached hydrogen (secondary N) is 2. The Bertz CT molecular complexity index is 1200. The molecular formula is C26H33BN2O4. The Morgan fingerprint density at radius 1 is 1.03 bits per heavy atom. The zero-order chi connectivity index (χ0) is 24.0. The van der Waals surface area contributed by atoms with Crippen LogP contribution in [0.5, 0.6) is 0 Å². The monoisotopic (exact) mass is 448 g/mol. The van der Waals surface area contributed by atoms with Gasteiger partial charge in [-0.15, -0.1) is 0 Å². The van der Waals surface area contributed by atoms with Crippen LogP contribution in [0.15, 0.2) is 47.9 Å². The number of alkyl carbamates (subject to hydrolysis) is 1. The third-order valence-corrected chi connectivity index (χ3v) is 6.27. The number of aromatic amines is 1. The van der Waals surface area contributed by atoms with Crippen molar-refractivity contribution in [2.75, 3.05) is 6.54 Å². The Morgan fingerprint density at radius 2 is 1.67 bits per heavy atom. The Kier molecular flexibility index (Phi) is 5.83. The van der Waals surface area contributed by atoms with Crippen LogP contribution in [0, 0.1) is 0 Å². The first-order valence-electron chi connectivity index (χ1n) is 11.4. The van der Waals surface area contributed by atoms with Crippen LogP contribution in [0.25, 0.3) is 27.9 Å². The van der Waals surface area contributed by atoms with E-state index in [2.05, 4.69) is 40.6 Å². The minimum atomic E-state index is -0.580. The average molecular weight is 448 g/mol. The number of hydrogen-bond donors (Lipinski definition) is 2. The van der Waals surface area contributed by atoms with Crippen molar-refractivity contribution in [1.29, 1.82) is 0 Å². The van der Waals surface area contributed by atoms with Crippen LogP contribution < -0.4 is 5.32 Å². The molecule has 0 aliphatic carbocycles. The van der Waals surface area contributed by atoms with E-state index in [1.807, 2.05) is 66.7 Å². The lowest BCUT2D eigenvalue weighted by atomic mass is 9.77. The van der Waals surface area contributed by atoms with Crippen LogP contribution in [0.3, 0.4) is 0 Å². The third kappa shape index (κ3) is 4.94. The predicted octanol–water partition coefficient (Wildman–Crippen LogP) is 5.86.